The van der Waals surface area contributed by atoms with Crippen molar-refractivity contribution < 1.29 is 0 Å². The number of nitrogens with one attached hydrogen (secondary N) is 1. The molecule has 2 rings (SSSR count). The Bertz CT molecular complexity index is 338. The van der Waals surface area contributed by atoms with Gasteiger partial charge in [0.2, 0.25) is 0 Å². The molecule has 0 aromatic heterocycles. The second-order valence-corrected chi connectivity index (χ2v) is 6.42. The monoisotopic (exact) mass is 259 g/mol. The fraction of sp³-hybridized carbons (Fsp3) is 0.667. The Morgan fingerprint density at radius 2 is 1.74 bits per heavy atom. The molecule has 106 valence electrons. The lowest BCUT2D eigenvalue weighted by atomic mass is 9.87. The Hall–Kier alpha value is -0.820. The van der Waals surface area contributed by atoms with Gasteiger partial charge in [-0.05, 0) is 42.7 Å². The summed E-state index contributed by atoms with van der Waals surface area (Å²) in [5.74, 6) is 2.27. The standard InChI is InChI=1S/C18H29N/c1-15(2)18(17-11-7-4-8-12-17)14-19-13-16-9-5-3-6-10-16/h4,7-8,11-12,15-16,18-19H,3,5-6,9-10,13-14H2,1-2H3. The molecule has 0 bridgehead atoms. The molecular formula is C18H29N. The van der Waals surface area contributed by atoms with Crippen LogP contribution in [0.25, 0.3) is 0 Å². The first kappa shape index (κ1) is 14.6. The van der Waals surface area contributed by atoms with E-state index in [4.69, 9.17) is 0 Å². The number of benzene rings is 1. The SMILES string of the molecule is CC(C)C(CNCC1CCCCC1)c1ccccc1. The van der Waals surface area contributed by atoms with Crippen molar-refractivity contribution in [2.75, 3.05) is 13.1 Å². The normalized spacial score (nSPS) is 18.7. The smallest absolute Gasteiger partial charge is 0.00227 e. The molecule has 1 fully saturated rings. The van der Waals surface area contributed by atoms with E-state index in [1.54, 1.807) is 0 Å². The predicted octanol–water partition coefficient (Wildman–Crippen LogP) is 4.60. The van der Waals surface area contributed by atoms with Crippen molar-refractivity contribution in [2.24, 2.45) is 11.8 Å². The van der Waals surface area contributed by atoms with Gasteiger partial charge in [-0.1, -0.05) is 63.4 Å². The summed E-state index contributed by atoms with van der Waals surface area (Å²) in [7, 11) is 0. The van der Waals surface area contributed by atoms with E-state index in [0.717, 1.165) is 12.5 Å². The zero-order chi connectivity index (χ0) is 13.5. The zero-order valence-electron chi connectivity index (χ0n) is 12.6. The summed E-state index contributed by atoms with van der Waals surface area (Å²) >= 11 is 0. The molecule has 1 N–H and O–H groups in total. The molecule has 0 spiro atoms. The Balaban J connectivity index is 1.80. The van der Waals surface area contributed by atoms with E-state index in [1.165, 1.54) is 44.2 Å². The summed E-state index contributed by atoms with van der Waals surface area (Å²) in [6.45, 7) is 7.01. The number of hydrogen-bond donors (Lipinski definition) is 1. The summed E-state index contributed by atoms with van der Waals surface area (Å²) in [5.41, 5.74) is 1.48. The van der Waals surface area contributed by atoms with Crippen LogP contribution >= 0.6 is 0 Å². The quantitative estimate of drug-likeness (QED) is 0.787. The third kappa shape index (κ3) is 4.65. The molecule has 0 heterocycles. The molecule has 19 heavy (non-hydrogen) atoms. The van der Waals surface area contributed by atoms with Gasteiger partial charge in [-0.2, -0.15) is 0 Å². The molecule has 0 aliphatic heterocycles. The van der Waals surface area contributed by atoms with Gasteiger partial charge in [0.05, 0.1) is 0 Å². The van der Waals surface area contributed by atoms with E-state index in [2.05, 4.69) is 49.5 Å². The molecule has 1 nitrogen and oxygen atoms in total. The summed E-state index contributed by atoms with van der Waals surface area (Å²) < 4.78 is 0. The summed E-state index contributed by atoms with van der Waals surface area (Å²) in [6.07, 6.45) is 7.21. The molecule has 0 saturated heterocycles. The van der Waals surface area contributed by atoms with E-state index < -0.39 is 0 Å². The minimum Gasteiger partial charge on any atom is -0.316 e. The molecule has 1 heteroatoms. The van der Waals surface area contributed by atoms with Crippen LogP contribution in [-0.2, 0) is 0 Å². The minimum atomic E-state index is 0.643. The Morgan fingerprint density at radius 3 is 2.37 bits per heavy atom. The van der Waals surface area contributed by atoms with Gasteiger partial charge in [-0.3, -0.25) is 0 Å². The maximum absolute atomic E-state index is 3.74. The highest BCUT2D eigenvalue weighted by atomic mass is 14.9. The van der Waals surface area contributed by atoms with E-state index >= 15 is 0 Å². The summed E-state index contributed by atoms with van der Waals surface area (Å²) in [5, 5.41) is 3.74. The lowest BCUT2D eigenvalue weighted by Gasteiger charge is -2.25. The number of hydrogen-bond acceptors (Lipinski definition) is 1. The lowest BCUT2D eigenvalue weighted by molar-refractivity contribution is 0.333. The van der Waals surface area contributed by atoms with Crippen LogP contribution in [0.15, 0.2) is 30.3 Å². The van der Waals surface area contributed by atoms with Crippen LogP contribution in [0.5, 0.6) is 0 Å². The Kier molecular flexibility index (Phi) is 5.91. The van der Waals surface area contributed by atoms with Crippen LogP contribution in [0, 0.1) is 11.8 Å². The van der Waals surface area contributed by atoms with Crippen molar-refractivity contribution in [3.63, 3.8) is 0 Å². The maximum atomic E-state index is 3.74. The van der Waals surface area contributed by atoms with Crippen molar-refractivity contribution in [2.45, 2.75) is 51.9 Å². The van der Waals surface area contributed by atoms with Crippen molar-refractivity contribution in [3.05, 3.63) is 35.9 Å². The average Bonchev–Trinajstić information content (AvgIpc) is 2.45. The van der Waals surface area contributed by atoms with Gasteiger partial charge < -0.3 is 5.32 Å². The van der Waals surface area contributed by atoms with E-state index in [1.807, 2.05) is 0 Å². The first-order chi connectivity index (χ1) is 9.27. The molecule has 1 aromatic rings. The predicted molar refractivity (Wildman–Crippen MR) is 83.5 cm³/mol. The van der Waals surface area contributed by atoms with Gasteiger partial charge in [0.25, 0.3) is 0 Å². The van der Waals surface area contributed by atoms with Gasteiger partial charge in [-0.25, -0.2) is 0 Å². The van der Waals surface area contributed by atoms with Gasteiger partial charge in [0.15, 0.2) is 0 Å². The van der Waals surface area contributed by atoms with E-state index in [0.29, 0.717) is 11.8 Å². The van der Waals surface area contributed by atoms with Crippen molar-refractivity contribution >= 4 is 0 Å². The summed E-state index contributed by atoms with van der Waals surface area (Å²) in [4.78, 5) is 0. The Labute approximate surface area is 118 Å². The number of rotatable bonds is 6. The molecule has 1 atom stereocenters. The van der Waals surface area contributed by atoms with Crippen molar-refractivity contribution in [1.29, 1.82) is 0 Å². The molecule has 1 aromatic carbocycles. The first-order valence-corrected chi connectivity index (χ1v) is 8.03. The second kappa shape index (κ2) is 7.69. The highest BCUT2D eigenvalue weighted by molar-refractivity contribution is 5.20. The van der Waals surface area contributed by atoms with Gasteiger partial charge >= 0.3 is 0 Å². The average molecular weight is 259 g/mol. The van der Waals surface area contributed by atoms with Crippen LogP contribution in [0.2, 0.25) is 0 Å². The lowest BCUT2D eigenvalue weighted by Crippen LogP contribution is -2.30. The van der Waals surface area contributed by atoms with E-state index in [-0.39, 0.29) is 0 Å². The molecule has 0 amide bonds. The fourth-order valence-corrected chi connectivity index (χ4v) is 3.27. The third-order valence-corrected chi connectivity index (χ3v) is 4.55. The molecule has 1 aliphatic rings. The molecule has 0 radical (unpaired) electrons. The molecular weight excluding hydrogens is 230 g/mol. The van der Waals surface area contributed by atoms with Crippen LogP contribution in [0.1, 0.15) is 57.4 Å². The second-order valence-electron chi connectivity index (χ2n) is 6.42. The van der Waals surface area contributed by atoms with Crippen LogP contribution in [-0.4, -0.2) is 13.1 Å². The highest BCUT2D eigenvalue weighted by Gasteiger charge is 2.17. The Morgan fingerprint density at radius 1 is 1.05 bits per heavy atom. The minimum absolute atomic E-state index is 0.643. The highest BCUT2D eigenvalue weighted by Crippen LogP contribution is 2.25. The van der Waals surface area contributed by atoms with Gasteiger partial charge in [0, 0.05) is 6.54 Å². The third-order valence-electron chi connectivity index (χ3n) is 4.55. The van der Waals surface area contributed by atoms with Crippen LogP contribution in [0.4, 0.5) is 0 Å². The molecule has 1 aliphatic carbocycles. The largest absolute Gasteiger partial charge is 0.316 e. The summed E-state index contributed by atoms with van der Waals surface area (Å²) in [6, 6.07) is 11.0. The maximum Gasteiger partial charge on any atom is 0.00227 e. The van der Waals surface area contributed by atoms with E-state index in [9.17, 15) is 0 Å². The fourth-order valence-electron chi connectivity index (χ4n) is 3.27. The van der Waals surface area contributed by atoms with Crippen LogP contribution < -0.4 is 5.32 Å². The van der Waals surface area contributed by atoms with Gasteiger partial charge in [0.1, 0.15) is 0 Å². The van der Waals surface area contributed by atoms with Crippen molar-refractivity contribution in [3.8, 4) is 0 Å². The first-order valence-electron chi connectivity index (χ1n) is 8.03. The molecule has 1 unspecified atom stereocenters. The van der Waals surface area contributed by atoms with Crippen molar-refractivity contribution in [1.82, 2.24) is 5.32 Å². The molecule has 1 saturated carbocycles. The zero-order valence-corrected chi connectivity index (χ0v) is 12.6. The topological polar surface area (TPSA) is 12.0 Å². The van der Waals surface area contributed by atoms with Crippen LogP contribution in [0.3, 0.4) is 0 Å². The van der Waals surface area contributed by atoms with Gasteiger partial charge in [-0.15, -0.1) is 0 Å².